The fourth-order valence-corrected chi connectivity index (χ4v) is 13.9. The van der Waals surface area contributed by atoms with Gasteiger partial charge < -0.3 is 23.5 Å². The molecule has 0 saturated heterocycles. The smallest absolute Gasteiger partial charge is 0.145 e. The van der Waals surface area contributed by atoms with Crippen LogP contribution in [-0.4, -0.2) is 0 Å². The molecule has 1 aliphatic carbocycles. The van der Waals surface area contributed by atoms with Gasteiger partial charge in [-0.25, -0.2) is 0 Å². The highest BCUT2D eigenvalue weighted by Gasteiger charge is 2.55. The van der Waals surface area contributed by atoms with Crippen LogP contribution in [0, 0.1) is 0 Å². The number of benzene rings is 11. The third-order valence-electron chi connectivity index (χ3n) is 18.2. The van der Waals surface area contributed by atoms with Crippen molar-refractivity contribution in [2.75, 3.05) is 14.7 Å². The largest absolute Gasteiger partial charge is 0.455 e. The summed E-state index contributed by atoms with van der Waals surface area (Å²) in [7, 11) is 0. The predicted octanol–water partition coefficient (Wildman–Crippen LogP) is 23.1. The summed E-state index contributed by atoms with van der Waals surface area (Å²) in [6, 6.07) is 88.3. The van der Waals surface area contributed by atoms with Crippen LogP contribution in [0.5, 0.6) is 0 Å². The number of nitrogens with zero attached hydrogens (tertiary/aromatic N) is 3. The van der Waals surface area contributed by atoms with E-state index < -0.39 is 5.41 Å². The molecule has 0 bridgehead atoms. The minimum atomic E-state index is -0.948. The lowest BCUT2D eigenvalue weighted by Crippen LogP contribution is -2.36. The van der Waals surface area contributed by atoms with E-state index in [9.17, 15) is 0 Å². The standard InChI is InChI=1S/C79H67N3O2/c1-48(2)52-30-38-57(39-31-52)80(58-40-32-53(33-41-58)49(3)4)69-46-65-75(77-73(69)61-22-12-18-28-71(61)83-77)76-66(79(65)63-24-14-16-26-67(63)82(56-20-10-9-11-21-56)68-27-17-15-25-64(68)79)47-70(74-62-23-13-19-29-72(62)84-78(74)76)81(59-42-34-54(35-43-59)50(5)6)60-44-36-55(37-45-60)51(7)8/h9-51H,1-8H3. The summed E-state index contributed by atoms with van der Waals surface area (Å²) >= 11 is 0. The second-order valence-corrected chi connectivity index (χ2v) is 24.4. The summed E-state index contributed by atoms with van der Waals surface area (Å²) in [5.74, 6) is 1.49. The van der Waals surface area contributed by atoms with Crippen molar-refractivity contribution in [3.05, 3.63) is 281 Å². The Kier molecular flexibility index (Phi) is 12.1. The Morgan fingerprint density at radius 1 is 0.333 bits per heavy atom. The average Bonchev–Trinajstić information content (AvgIpc) is 1.51. The maximum absolute atomic E-state index is 7.63. The molecule has 410 valence electrons. The normalized spacial score (nSPS) is 13.3. The molecule has 0 N–H and O–H groups in total. The quantitative estimate of drug-likeness (QED) is 0.129. The maximum atomic E-state index is 7.63. The van der Waals surface area contributed by atoms with Gasteiger partial charge in [0.05, 0.1) is 38.9 Å². The number of fused-ring (bicyclic) bond motifs is 17. The summed E-state index contributed by atoms with van der Waals surface area (Å²) in [4.78, 5) is 7.43. The number of rotatable bonds is 11. The van der Waals surface area contributed by atoms with Crippen LogP contribution < -0.4 is 14.7 Å². The first-order chi connectivity index (χ1) is 41.0. The molecular formula is C79H67N3O2. The van der Waals surface area contributed by atoms with Gasteiger partial charge in [0.1, 0.15) is 22.3 Å². The van der Waals surface area contributed by atoms with Crippen molar-refractivity contribution in [3.63, 3.8) is 0 Å². The van der Waals surface area contributed by atoms with Crippen molar-refractivity contribution < 1.29 is 8.83 Å². The van der Waals surface area contributed by atoms with E-state index in [1.165, 1.54) is 33.4 Å². The molecule has 11 aromatic carbocycles. The molecule has 0 fully saturated rings. The molecule has 15 rings (SSSR count). The van der Waals surface area contributed by atoms with E-state index in [-0.39, 0.29) is 0 Å². The molecule has 1 aliphatic heterocycles. The van der Waals surface area contributed by atoms with Crippen LogP contribution in [0.2, 0.25) is 0 Å². The molecule has 5 heteroatoms. The van der Waals surface area contributed by atoms with E-state index in [4.69, 9.17) is 8.83 Å². The zero-order valence-electron chi connectivity index (χ0n) is 49.0. The second-order valence-electron chi connectivity index (χ2n) is 24.4. The summed E-state index contributed by atoms with van der Waals surface area (Å²) in [5.41, 5.74) is 23.8. The molecule has 5 nitrogen and oxygen atoms in total. The van der Waals surface area contributed by atoms with E-state index in [2.05, 4.69) is 307 Å². The molecule has 13 aromatic rings. The SMILES string of the molecule is CC(C)c1ccc(N(c2ccc(C(C)C)cc2)c2cc3c(c4oc5ccccc5c24)-c2c(cc(N(c4ccc(C(C)C)cc4)c4ccc(C(C)C)cc4)c4c2oc2ccccc24)C32c3ccccc3N(c3ccccc3)c3ccccc32)cc1. The van der Waals surface area contributed by atoms with Crippen molar-refractivity contribution in [2.45, 2.75) is 84.5 Å². The van der Waals surface area contributed by atoms with Crippen molar-refractivity contribution in [3.8, 4) is 11.1 Å². The molecular weight excluding hydrogens is 1020 g/mol. The van der Waals surface area contributed by atoms with Gasteiger partial charge in [-0.15, -0.1) is 0 Å². The Labute approximate surface area is 492 Å². The van der Waals surface area contributed by atoms with Gasteiger partial charge in [0.2, 0.25) is 0 Å². The molecule has 84 heavy (non-hydrogen) atoms. The Morgan fingerprint density at radius 3 is 1.01 bits per heavy atom. The molecule has 0 radical (unpaired) electrons. The van der Waals surface area contributed by atoms with E-state index >= 15 is 0 Å². The molecule has 1 spiro atoms. The highest BCUT2D eigenvalue weighted by Crippen LogP contribution is 2.68. The topological polar surface area (TPSA) is 36.0 Å². The maximum Gasteiger partial charge on any atom is 0.145 e. The molecule has 3 heterocycles. The second kappa shape index (κ2) is 19.8. The number of anilines is 9. The van der Waals surface area contributed by atoms with Crippen LogP contribution in [-0.2, 0) is 5.41 Å². The first kappa shape index (κ1) is 51.3. The van der Waals surface area contributed by atoms with Crippen LogP contribution in [0.1, 0.15) is 124 Å². The lowest BCUT2D eigenvalue weighted by molar-refractivity contribution is 0.665. The highest BCUT2D eigenvalue weighted by atomic mass is 16.3. The molecule has 0 atom stereocenters. The third kappa shape index (κ3) is 7.74. The minimum Gasteiger partial charge on any atom is -0.455 e. The summed E-state index contributed by atoms with van der Waals surface area (Å²) < 4.78 is 15.3. The van der Waals surface area contributed by atoms with Crippen LogP contribution in [0.4, 0.5) is 51.2 Å². The van der Waals surface area contributed by atoms with Gasteiger partial charge in [-0.05, 0) is 165 Å². The van der Waals surface area contributed by atoms with Gasteiger partial charge in [0.25, 0.3) is 0 Å². The molecule has 0 saturated carbocycles. The van der Waals surface area contributed by atoms with Crippen molar-refractivity contribution in [2.24, 2.45) is 0 Å². The van der Waals surface area contributed by atoms with Crippen LogP contribution in [0.15, 0.2) is 245 Å². The molecule has 2 aromatic heterocycles. The van der Waals surface area contributed by atoms with E-state index in [0.29, 0.717) is 23.7 Å². The Balaban J connectivity index is 1.15. The average molecular weight is 1090 g/mol. The Hall–Kier alpha value is -9.58. The van der Waals surface area contributed by atoms with Crippen LogP contribution in [0.3, 0.4) is 0 Å². The van der Waals surface area contributed by atoms with E-state index in [1.807, 2.05) is 0 Å². The van der Waals surface area contributed by atoms with E-state index in [1.54, 1.807) is 0 Å². The van der Waals surface area contributed by atoms with Gasteiger partial charge in [-0.1, -0.05) is 195 Å². The summed E-state index contributed by atoms with van der Waals surface area (Å²) in [6.07, 6.45) is 0. The predicted molar refractivity (Wildman–Crippen MR) is 352 cm³/mol. The zero-order valence-corrected chi connectivity index (χ0v) is 49.0. The Morgan fingerprint density at radius 2 is 0.655 bits per heavy atom. The van der Waals surface area contributed by atoms with Gasteiger partial charge in [0, 0.05) is 50.3 Å². The molecule has 2 aliphatic rings. The van der Waals surface area contributed by atoms with Gasteiger partial charge >= 0.3 is 0 Å². The number of furan rings is 2. The van der Waals surface area contributed by atoms with E-state index in [0.717, 1.165) is 117 Å². The first-order valence-corrected chi connectivity index (χ1v) is 30.0. The first-order valence-electron chi connectivity index (χ1n) is 30.0. The van der Waals surface area contributed by atoms with Crippen molar-refractivity contribution >= 4 is 95.1 Å². The third-order valence-corrected chi connectivity index (χ3v) is 18.2. The summed E-state index contributed by atoms with van der Waals surface area (Å²) in [5, 5.41) is 4.19. The highest BCUT2D eigenvalue weighted by molar-refractivity contribution is 6.25. The molecule has 0 unspecified atom stereocenters. The van der Waals surface area contributed by atoms with Gasteiger partial charge in [-0.3, -0.25) is 0 Å². The van der Waals surface area contributed by atoms with Crippen LogP contribution >= 0.6 is 0 Å². The monoisotopic (exact) mass is 1090 g/mol. The fraction of sp³-hybridized carbons (Fsp3) is 0.165. The lowest BCUT2D eigenvalue weighted by atomic mass is 9.64. The van der Waals surface area contributed by atoms with Gasteiger partial charge in [0.15, 0.2) is 0 Å². The number of para-hydroxylation sites is 5. The van der Waals surface area contributed by atoms with Crippen molar-refractivity contribution in [1.29, 1.82) is 0 Å². The number of hydrogen-bond donors (Lipinski definition) is 0. The van der Waals surface area contributed by atoms with Crippen molar-refractivity contribution in [1.82, 2.24) is 0 Å². The number of hydrogen-bond acceptors (Lipinski definition) is 5. The zero-order chi connectivity index (χ0) is 57.1. The molecule has 0 amide bonds. The lowest BCUT2D eigenvalue weighted by Gasteiger charge is -2.45. The fourth-order valence-electron chi connectivity index (χ4n) is 13.9. The minimum absolute atomic E-state index is 0.373. The van der Waals surface area contributed by atoms with Gasteiger partial charge in [-0.2, -0.15) is 0 Å². The Bertz CT molecular complexity index is 4280. The summed E-state index contributed by atoms with van der Waals surface area (Å²) in [6.45, 7) is 18.1. The van der Waals surface area contributed by atoms with Crippen LogP contribution in [0.25, 0.3) is 55.0 Å².